The molecule has 1 unspecified atom stereocenters. The molecule has 7 heteroatoms. The van der Waals surface area contributed by atoms with Crippen LogP contribution in [0.2, 0.25) is 0 Å². The number of ether oxygens (including phenoxy) is 2. The maximum absolute atomic E-state index is 12.4. The first-order chi connectivity index (χ1) is 10.0. The fraction of sp³-hybridized carbons (Fsp3) is 0.429. The van der Waals surface area contributed by atoms with E-state index in [4.69, 9.17) is 14.6 Å². The van der Waals surface area contributed by atoms with Crippen LogP contribution in [0.1, 0.15) is 12.0 Å². The molecule has 0 spiro atoms. The lowest BCUT2D eigenvalue weighted by Gasteiger charge is -2.12. The Balaban J connectivity index is 2.65. The zero-order valence-corrected chi connectivity index (χ0v) is 11.9. The van der Waals surface area contributed by atoms with E-state index in [0.29, 0.717) is 17.9 Å². The van der Waals surface area contributed by atoms with E-state index < -0.39 is 24.6 Å². The fourth-order valence-electron chi connectivity index (χ4n) is 1.76. The van der Waals surface area contributed by atoms with E-state index in [1.54, 1.807) is 18.2 Å². The SMILES string of the molecule is COc1ccc(OC)c(CCC(=O)NC(CF)C(=O)O)c1. The highest BCUT2D eigenvalue weighted by Gasteiger charge is 2.19. The van der Waals surface area contributed by atoms with E-state index in [9.17, 15) is 14.0 Å². The van der Waals surface area contributed by atoms with Crippen molar-refractivity contribution in [2.24, 2.45) is 0 Å². The van der Waals surface area contributed by atoms with Crippen LogP contribution in [0.5, 0.6) is 11.5 Å². The second-order valence-electron chi connectivity index (χ2n) is 4.29. The summed E-state index contributed by atoms with van der Waals surface area (Å²) in [5.41, 5.74) is 0.749. The van der Waals surface area contributed by atoms with Gasteiger partial charge in [-0.25, -0.2) is 9.18 Å². The summed E-state index contributed by atoms with van der Waals surface area (Å²) in [6.07, 6.45) is 0.345. The van der Waals surface area contributed by atoms with E-state index >= 15 is 0 Å². The lowest BCUT2D eigenvalue weighted by atomic mass is 10.1. The Morgan fingerprint density at radius 2 is 2.05 bits per heavy atom. The molecule has 0 aromatic heterocycles. The quantitative estimate of drug-likeness (QED) is 0.753. The van der Waals surface area contributed by atoms with E-state index in [-0.39, 0.29) is 6.42 Å². The Hall–Kier alpha value is -2.31. The molecule has 21 heavy (non-hydrogen) atoms. The first-order valence-electron chi connectivity index (χ1n) is 6.30. The lowest BCUT2D eigenvalue weighted by Crippen LogP contribution is -2.42. The predicted octanol–water partition coefficient (Wildman–Crippen LogP) is 1.18. The van der Waals surface area contributed by atoms with Crippen molar-refractivity contribution in [1.29, 1.82) is 0 Å². The number of nitrogens with one attached hydrogen (secondary N) is 1. The third-order valence-corrected chi connectivity index (χ3v) is 2.90. The molecule has 0 heterocycles. The largest absolute Gasteiger partial charge is 0.497 e. The number of carbonyl (C=O) groups is 2. The smallest absolute Gasteiger partial charge is 0.328 e. The summed E-state index contributed by atoms with van der Waals surface area (Å²) in [6, 6.07) is 3.67. The molecule has 6 nitrogen and oxygen atoms in total. The number of benzene rings is 1. The first kappa shape index (κ1) is 16.7. The van der Waals surface area contributed by atoms with Gasteiger partial charge in [0.1, 0.15) is 18.2 Å². The molecule has 0 aliphatic heterocycles. The predicted molar refractivity (Wildman–Crippen MR) is 73.4 cm³/mol. The number of hydrogen-bond acceptors (Lipinski definition) is 4. The molecule has 1 amide bonds. The van der Waals surface area contributed by atoms with Gasteiger partial charge < -0.3 is 19.9 Å². The Morgan fingerprint density at radius 1 is 1.33 bits per heavy atom. The van der Waals surface area contributed by atoms with E-state index in [0.717, 1.165) is 5.56 Å². The van der Waals surface area contributed by atoms with Crippen LogP contribution < -0.4 is 14.8 Å². The van der Waals surface area contributed by atoms with Gasteiger partial charge in [-0.1, -0.05) is 0 Å². The summed E-state index contributed by atoms with van der Waals surface area (Å²) in [6.45, 7) is -1.15. The molecule has 2 N–H and O–H groups in total. The number of amides is 1. The van der Waals surface area contributed by atoms with Gasteiger partial charge in [-0.15, -0.1) is 0 Å². The molecule has 1 aromatic rings. The van der Waals surface area contributed by atoms with Crippen molar-refractivity contribution in [3.8, 4) is 11.5 Å². The lowest BCUT2D eigenvalue weighted by molar-refractivity contribution is -0.142. The monoisotopic (exact) mass is 299 g/mol. The van der Waals surface area contributed by atoms with Gasteiger partial charge >= 0.3 is 5.97 Å². The highest BCUT2D eigenvalue weighted by Crippen LogP contribution is 2.25. The van der Waals surface area contributed by atoms with Gasteiger partial charge in [-0.2, -0.15) is 0 Å². The second kappa shape index (κ2) is 8.08. The number of aliphatic carboxylic acids is 1. The van der Waals surface area contributed by atoms with Crippen molar-refractivity contribution in [3.63, 3.8) is 0 Å². The number of rotatable bonds is 8. The van der Waals surface area contributed by atoms with E-state index in [2.05, 4.69) is 5.32 Å². The molecule has 1 aromatic carbocycles. The number of alkyl halides is 1. The van der Waals surface area contributed by atoms with Crippen molar-refractivity contribution >= 4 is 11.9 Å². The van der Waals surface area contributed by atoms with Gasteiger partial charge in [0.05, 0.1) is 14.2 Å². The summed E-state index contributed by atoms with van der Waals surface area (Å²) in [5, 5.41) is 10.8. The summed E-state index contributed by atoms with van der Waals surface area (Å²) in [7, 11) is 3.03. The Labute approximate surface area is 121 Å². The molecule has 0 aliphatic carbocycles. The van der Waals surface area contributed by atoms with Gasteiger partial charge in [0.25, 0.3) is 0 Å². The summed E-state index contributed by atoms with van der Waals surface area (Å²) in [4.78, 5) is 22.3. The molecule has 1 atom stereocenters. The van der Waals surface area contributed by atoms with Crippen molar-refractivity contribution in [2.45, 2.75) is 18.9 Å². The van der Waals surface area contributed by atoms with Crippen LogP contribution >= 0.6 is 0 Å². The van der Waals surface area contributed by atoms with Crippen LogP contribution in [-0.2, 0) is 16.0 Å². The number of hydrogen-bond donors (Lipinski definition) is 2. The molecular formula is C14H18FNO5. The van der Waals surface area contributed by atoms with Gasteiger partial charge in [-0.3, -0.25) is 4.79 Å². The average molecular weight is 299 g/mol. The van der Waals surface area contributed by atoms with Crippen LogP contribution in [0.25, 0.3) is 0 Å². The third-order valence-electron chi connectivity index (χ3n) is 2.90. The summed E-state index contributed by atoms with van der Waals surface area (Å²) >= 11 is 0. The normalized spacial score (nSPS) is 11.6. The molecular weight excluding hydrogens is 281 g/mol. The van der Waals surface area contributed by atoms with Crippen LogP contribution in [0.3, 0.4) is 0 Å². The highest BCUT2D eigenvalue weighted by molar-refractivity contribution is 5.83. The number of carboxylic acid groups (broad SMARTS) is 1. The van der Waals surface area contributed by atoms with Crippen LogP contribution in [-0.4, -0.2) is 43.9 Å². The minimum atomic E-state index is -1.51. The maximum atomic E-state index is 12.4. The van der Waals surface area contributed by atoms with Crippen molar-refractivity contribution in [1.82, 2.24) is 5.32 Å². The first-order valence-corrected chi connectivity index (χ1v) is 6.30. The Morgan fingerprint density at radius 3 is 2.57 bits per heavy atom. The zero-order chi connectivity index (χ0) is 15.8. The number of methoxy groups -OCH3 is 2. The van der Waals surface area contributed by atoms with Gasteiger partial charge in [0.2, 0.25) is 5.91 Å². The topological polar surface area (TPSA) is 84.9 Å². The number of aryl methyl sites for hydroxylation is 1. The molecule has 0 bridgehead atoms. The number of halogens is 1. The molecule has 1 rings (SSSR count). The van der Waals surface area contributed by atoms with Gasteiger partial charge in [0.15, 0.2) is 6.04 Å². The standard InChI is InChI=1S/C14H18FNO5/c1-20-10-4-5-12(21-2)9(7-10)3-6-13(17)16-11(8-15)14(18)19/h4-5,7,11H,3,6,8H2,1-2H3,(H,16,17)(H,18,19). The molecule has 0 radical (unpaired) electrons. The highest BCUT2D eigenvalue weighted by atomic mass is 19.1. The van der Waals surface area contributed by atoms with E-state index in [1.807, 2.05) is 0 Å². The van der Waals surface area contributed by atoms with Crippen molar-refractivity contribution in [3.05, 3.63) is 23.8 Å². The van der Waals surface area contributed by atoms with Gasteiger partial charge in [-0.05, 0) is 30.2 Å². The zero-order valence-electron chi connectivity index (χ0n) is 11.9. The maximum Gasteiger partial charge on any atom is 0.328 e. The Bertz CT molecular complexity index is 506. The van der Waals surface area contributed by atoms with Crippen LogP contribution in [0, 0.1) is 0 Å². The van der Waals surface area contributed by atoms with Crippen molar-refractivity contribution < 1.29 is 28.6 Å². The molecule has 116 valence electrons. The number of carboxylic acids is 1. The molecule has 0 saturated carbocycles. The average Bonchev–Trinajstić information content (AvgIpc) is 2.49. The van der Waals surface area contributed by atoms with Crippen molar-refractivity contribution in [2.75, 3.05) is 20.9 Å². The minimum Gasteiger partial charge on any atom is -0.497 e. The second-order valence-corrected chi connectivity index (χ2v) is 4.29. The van der Waals surface area contributed by atoms with Crippen LogP contribution in [0.4, 0.5) is 4.39 Å². The molecule has 0 saturated heterocycles. The van der Waals surface area contributed by atoms with E-state index in [1.165, 1.54) is 14.2 Å². The van der Waals surface area contributed by atoms with Gasteiger partial charge in [0, 0.05) is 6.42 Å². The number of carbonyl (C=O) groups excluding carboxylic acids is 1. The fourth-order valence-corrected chi connectivity index (χ4v) is 1.76. The Kier molecular flexibility index (Phi) is 6.45. The molecule has 0 fully saturated rings. The van der Waals surface area contributed by atoms with Crippen LogP contribution in [0.15, 0.2) is 18.2 Å². The summed E-state index contributed by atoms with van der Waals surface area (Å²) < 4.78 is 22.7. The molecule has 0 aliphatic rings. The third kappa shape index (κ3) is 4.94. The minimum absolute atomic E-state index is 0.0211. The summed E-state index contributed by atoms with van der Waals surface area (Å²) in [5.74, 6) is -0.711.